The minimum Gasteiger partial charge on any atom is -0.345 e. The normalized spacial score (nSPS) is 16.6. The highest BCUT2D eigenvalue weighted by Crippen LogP contribution is 2.36. The Morgan fingerprint density at radius 3 is 2.34 bits per heavy atom. The third-order valence-electron chi connectivity index (χ3n) is 7.36. The van der Waals surface area contributed by atoms with Crippen LogP contribution in [0.1, 0.15) is 27.0 Å². The lowest BCUT2D eigenvalue weighted by Gasteiger charge is -2.34. The molecule has 7 nitrogen and oxygen atoms in total. The number of amides is 1. The summed E-state index contributed by atoms with van der Waals surface area (Å²) in [5, 5.41) is 1.62. The molecule has 2 aliphatic heterocycles. The Kier molecular flexibility index (Phi) is 6.63. The molecule has 196 valence electrons. The van der Waals surface area contributed by atoms with Gasteiger partial charge in [-0.15, -0.1) is 0 Å². The number of carbonyl (C=O) groups is 1. The van der Waals surface area contributed by atoms with Crippen molar-refractivity contribution in [3.63, 3.8) is 0 Å². The first-order valence-electron chi connectivity index (χ1n) is 12.6. The molecule has 0 unspecified atom stereocenters. The second-order valence-electron chi connectivity index (χ2n) is 9.70. The van der Waals surface area contributed by atoms with Gasteiger partial charge < -0.3 is 9.80 Å². The SMILES string of the molecule is Cc1ccc(Cl)c2sc(N3CCN(C(=O)c4ccc(S(=O)(=O)N5CCc6ccccc6C5)cc4)CC3)nc12. The molecule has 1 amide bonds. The summed E-state index contributed by atoms with van der Waals surface area (Å²) in [5.74, 6) is -0.0938. The number of halogens is 1. The number of sulfonamides is 1. The third kappa shape index (κ3) is 4.58. The molecule has 0 atom stereocenters. The Hall–Kier alpha value is -2.98. The van der Waals surface area contributed by atoms with Crippen LogP contribution in [0.3, 0.4) is 0 Å². The van der Waals surface area contributed by atoms with Crippen LogP contribution in [0.4, 0.5) is 5.13 Å². The number of hydrogen-bond acceptors (Lipinski definition) is 6. The van der Waals surface area contributed by atoms with Crippen molar-refractivity contribution in [2.24, 2.45) is 0 Å². The summed E-state index contributed by atoms with van der Waals surface area (Å²) in [4.78, 5) is 22.2. The van der Waals surface area contributed by atoms with Crippen LogP contribution in [0.15, 0.2) is 65.6 Å². The van der Waals surface area contributed by atoms with E-state index >= 15 is 0 Å². The van der Waals surface area contributed by atoms with Crippen LogP contribution in [0.25, 0.3) is 10.2 Å². The predicted molar refractivity (Wildman–Crippen MR) is 152 cm³/mol. The van der Waals surface area contributed by atoms with E-state index in [0.29, 0.717) is 56.3 Å². The van der Waals surface area contributed by atoms with Crippen LogP contribution in [0.5, 0.6) is 0 Å². The number of anilines is 1. The molecule has 10 heteroatoms. The standard InChI is InChI=1S/C28H27ClN4O3S2/c1-19-6-11-24(29)26-25(19)30-28(37-26)32-16-14-31(15-17-32)27(34)21-7-9-23(10-8-21)38(35,36)33-13-12-20-4-2-3-5-22(20)18-33/h2-11H,12-18H2,1H3. The fourth-order valence-electron chi connectivity index (χ4n) is 5.10. The maximum Gasteiger partial charge on any atom is 0.253 e. The molecule has 2 aliphatic rings. The highest BCUT2D eigenvalue weighted by molar-refractivity contribution is 7.89. The van der Waals surface area contributed by atoms with E-state index in [-0.39, 0.29) is 10.8 Å². The van der Waals surface area contributed by atoms with Crippen molar-refractivity contribution in [1.82, 2.24) is 14.2 Å². The molecular formula is C28H27ClN4O3S2. The maximum atomic E-state index is 13.3. The summed E-state index contributed by atoms with van der Waals surface area (Å²) >= 11 is 7.96. The topological polar surface area (TPSA) is 73.8 Å². The van der Waals surface area contributed by atoms with Crippen LogP contribution in [-0.2, 0) is 23.0 Å². The van der Waals surface area contributed by atoms with Crippen LogP contribution >= 0.6 is 22.9 Å². The summed E-state index contributed by atoms with van der Waals surface area (Å²) in [5.41, 5.74) is 4.75. The molecule has 6 rings (SSSR count). The zero-order chi connectivity index (χ0) is 26.4. The van der Waals surface area contributed by atoms with Gasteiger partial charge in [0.15, 0.2) is 5.13 Å². The number of thiazole rings is 1. The molecule has 1 fully saturated rings. The minimum atomic E-state index is -3.64. The van der Waals surface area contributed by atoms with E-state index in [4.69, 9.17) is 16.6 Å². The Labute approximate surface area is 231 Å². The van der Waals surface area contributed by atoms with Gasteiger partial charge in [0.25, 0.3) is 5.91 Å². The number of carbonyl (C=O) groups excluding carboxylic acids is 1. The van der Waals surface area contributed by atoms with Crippen molar-refractivity contribution in [1.29, 1.82) is 0 Å². The molecule has 38 heavy (non-hydrogen) atoms. The summed E-state index contributed by atoms with van der Waals surface area (Å²) in [6.45, 7) is 5.31. The van der Waals surface area contributed by atoms with Crippen molar-refractivity contribution in [3.8, 4) is 0 Å². The first-order valence-corrected chi connectivity index (χ1v) is 15.2. The Bertz CT molecular complexity index is 1590. The first-order chi connectivity index (χ1) is 18.3. The largest absolute Gasteiger partial charge is 0.345 e. The quantitative estimate of drug-likeness (QED) is 0.349. The van der Waals surface area contributed by atoms with Crippen molar-refractivity contribution >= 4 is 54.2 Å². The van der Waals surface area contributed by atoms with E-state index in [0.717, 1.165) is 26.5 Å². The Morgan fingerprint density at radius 1 is 0.921 bits per heavy atom. The monoisotopic (exact) mass is 566 g/mol. The van der Waals surface area contributed by atoms with Crippen LogP contribution in [0.2, 0.25) is 5.02 Å². The van der Waals surface area contributed by atoms with Crippen molar-refractivity contribution < 1.29 is 13.2 Å². The molecule has 1 saturated heterocycles. The summed E-state index contributed by atoms with van der Waals surface area (Å²) < 4.78 is 29.0. The summed E-state index contributed by atoms with van der Waals surface area (Å²) in [6, 6.07) is 18.2. The van der Waals surface area contributed by atoms with E-state index in [1.54, 1.807) is 35.6 Å². The molecule has 0 spiro atoms. The summed E-state index contributed by atoms with van der Waals surface area (Å²) in [6.07, 6.45) is 0.696. The number of nitrogens with zero attached hydrogens (tertiary/aromatic N) is 4. The number of aryl methyl sites for hydroxylation is 1. The molecular weight excluding hydrogens is 540 g/mol. The smallest absolute Gasteiger partial charge is 0.253 e. The van der Waals surface area contributed by atoms with E-state index in [9.17, 15) is 13.2 Å². The van der Waals surface area contributed by atoms with Crippen molar-refractivity contribution in [2.75, 3.05) is 37.6 Å². The van der Waals surface area contributed by atoms with E-state index in [1.807, 2.05) is 42.2 Å². The summed E-state index contributed by atoms with van der Waals surface area (Å²) in [7, 11) is -3.64. The molecule has 1 aromatic heterocycles. The van der Waals surface area contributed by atoms with Crippen LogP contribution in [-0.4, -0.2) is 61.2 Å². The third-order valence-corrected chi connectivity index (χ3v) is 10.8. The second kappa shape index (κ2) is 9.96. The average Bonchev–Trinajstić information content (AvgIpc) is 3.42. The van der Waals surface area contributed by atoms with Gasteiger partial charge in [0, 0.05) is 44.8 Å². The van der Waals surface area contributed by atoms with Gasteiger partial charge in [-0.1, -0.05) is 53.3 Å². The predicted octanol–water partition coefficient (Wildman–Crippen LogP) is 4.97. The Morgan fingerprint density at radius 2 is 1.63 bits per heavy atom. The number of benzene rings is 3. The fraction of sp³-hybridized carbons (Fsp3) is 0.286. The molecule has 3 heterocycles. The van der Waals surface area contributed by atoms with Gasteiger partial charge in [-0.05, 0) is 60.4 Å². The number of aromatic nitrogens is 1. The highest BCUT2D eigenvalue weighted by Gasteiger charge is 2.29. The lowest BCUT2D eigenvalue weighted by Crippen LogP contribution is -2.48. The van der Waals surface area contributed by atoms with Gasteiger partial charge >= 0.3 is 0 Å². The number of fused-ring (bicyclic) bond motifs is 2. The average molecular weight is 567 g/mol. The second-order valence-corrected chi connectivity index (χ2v) is 13.0. The molecule has 0 saturated carbocycles. The Balaban J connectivity index is 1.11. The van der Waals surface area contributed by atoms with Gasteiger partial charge in [-0.25, -0.2) is 13.4 Å². The van der Waals surface area contributed by atoms with Crippen molar-refractivity contribution in [2.45, 2.75) is 24.8 Å². The van der Waals surface area contributed by atoms with Crippen LogP contribution < -0.4 is 4.90 Å². The van der Waals surface area contributed by atoms with Gasteiger partial charge in [0.2, 0.25) is 10.0 Å². The number of piperazine rings is 1. The maximum absolute atomic E-state index is 13.3. The fourth-order valence-corrected chi connectivity index (χ4v) is 7.89. The minimum absolute atomic E-state index is 0.0938. The van der Waals surface area contributed by atoms with Crippen molar-refractivity contribution in [3.05, 3.63) is 87.9 Å². The zero-order valence-electron chi connectivity index (χ0n) is 20.9. The van der Waals surface area contributed by atoms with Gasteiger partial charge in [0.1, 0.15) is 0 Å². The number of rotatable bonds is 4. The molecule has 0 radical (unpaired) electrons. The van der Waals surface area contributed by atoms with Crippen LogP contribution in [0, 0.1) is 6.92 Å². The zero-order valence-corrected chi connectivity index (χ0v) is 23.3. The van der Waals surface area contributed by atoms with E-state index < -0.39 is 10.0 Å². The molecule has 0 bridgehead atoms. The molecule has 3 aromatic carbocycles. The molecule has 0 N–H and O–H groups in total. The van der Waals surface area contributed by atoms with E-state index in [2.05, 4.69) is 11.0 Å². The molecule has 4 aromatic rings. The number of hydrogen-bond donors (Lipinski definition) is 0. The van der Waals surface area contributed by atoms with E-state index in [1.165, 1.54) is 9.87 Å². The first kappa shape index (κ1) is 25.3. The highest BCUT2D eigenvalue weighted by atomic mass is 35.5. The van der Waals surface area contributed by atoms with Gasteiger partial charge in [0.05, 0.1) is 20.1 Å². The lowest BCUT2D eigenvalue weighted by atomic mass is 10.0. The molecule has 0 aliphatic carbocycles. The van der Waals surface area contributed by atoms with Gasteiger partial charge in [-0.2, -0.15) is 4.31 Å². The van der Waals surface area contributed by atoms with Gasteiger partial charge in [-0.3, -0.25) is 4.79 Å². The lowest BCUT2D eigenvalue weighted by molar-refractivity contribution is 0.0746.